The molecule has 0 aliphatic heterocycles. The van der Waals surface area contributed by atoms with Crippen molar-refractivity contribution in [1.82, 2.24) is 0 Å². The maximum absolute atomic E-state index is 2.45. The molecule has 0 saturated heterocycles. The van der Waals surface area contributed by atoms with E-state index in [-0.39, 0.29) is 0 Å². The summed E-state index contributed by atoms with van der Waals surface area (Å²) < 4.78 is 0. The Kier molecular flexibility index (Phi) is 8.64. The molecule has 0 aliphatic carbocycles. The lowest BCUT2D eigenvalue weighted by atomic mass is 9.75. The molecule has 17 heavy (non-hydrogen) atoms. The molecule has 0 aromatic carbocycles. The fourth-order valence-electron chi connectivity index (χ4n) is 2.46. The summed E-state index contributed by atoms with van der Waals surface area (Å²) in [6, 6.07) is 0. The number of rotatable bonds is 8. The second-order valence-electron chi connectivity index (χ2n) is 6.45. The average Bonchev–Trinajstić information content (AvgIpc) is 2.30. The maximum atomic E-state index is 2.45. The summed E-state index contributed by atoms with van der Waals surface area (Å²) in [5.74, 6) is 4.19. The van der Waals surface area contributed by atoms with Crippen LogP contribution in [0.3, 0.4) is 0 Å². The highest BCUT2D eigenvalue weighted by atomic mass is 14.3. The van der Waals surface area contributed by atoms with Gasteiger partial charge in [0.25, 0.3) is 0 Å². The number of hydrogen-bond donors (Lipinski definition) is 0. The Morgan fingerprint density at radius 1 is 0.765 bits per heavy atom. The van der Waals surface area contributed by atoms with Crippen LogP contribution < -0.4 is 0 Å². The molecule has 4 atom stereocenters. The van der Waals surface area contributed by atoms with Crippen LogP contribution in [0.5, 0.6) is 0 Å². The normalized spacial score (nSPS) is 19.5. The third-order valence-corrected chi connectivity index (χ3v) is 4.57. The minimum Gasteiger partial charge on any atom is -0.0917 e. The summed E-state index contributed by atoms with van der Waals surface area (Å²) in [5.41, 5.74) is 0. The van der Waals surface area contributed by atoms with E-state index in [1.54, 1.807) is 0 Å². The lowest BCUT2D eigenvalue weighted by molar-refractivity contribution is 0.199. The molecule has 0 aliphatic rings. The standard InChI is InChI=1S/C17H34/c1-8-9-10-14(4)16(6)17(7)15(5)12-11-13(2)3/h8-9,13-17H,10-12H2,1-7H3. The van der Waals surface area contributed by atoms with Gasteiger partial charge in [-0.15, -0.1) is 0 Å². The van der Waals surface area contributed by atoms with Crippen molar-refractivity contribution in [3.8, 4) is 0 Å². The van der Waals surface area contributed by atoms with Gasteiger partial charge in [0, 0.05) is 0 Å². The van der Waals surface area contributed by atoms with Crippen LogP contribution in [-0.2, 0) is 0 Å². The van der Waals surface area contributed by atoms with E-state index in [1.165, 1.54) is 19.3 Å². The quantitative estimate of drug-likeness (QED) is 0.459. The third-order valence-electron chi connectivity index (χ3n) is 4.57. The van der Waals surface area contributed by atoms with Crippen LogP contribution in [0.1, 0.15) is 67.7 Å². The largest absolute Gasteiger partial charge is 0.0917 e. The van der Waals surface area contributed by atoms with Crippen LogP contribution in [0.25, 0.3) is 0 Å². The van der Waals surface area contributed by atoms with E-state index in [1.807, 2.05) is 0 Å². The maximum Gasteiger partial charge on any atom is -0.0322 e. The fraction of sp³-hybridized carbons (Fsp3) is 0.882. The van der Waals surface area contributed by atoms with Crippen LogP contribution in [-0.4, -0.2) is 0 Å². The molecule has 0 heterocycles. The van der Waals surface area contributed by atoms with Crippen molar-refractivity contribution in [1.29, 1.82) is 0 Å². The van der Waals surface area contributed by atoms with Crippen LogP contribution in [0.4, 0.5) is 0 Å². The van der Waals surface area contributed by atoms with Gasteiger partial charge in [-0.05, 0) is 42.9 Å². The Morgan fingerprint density at radius 3 is 1.76 bits per heavy atom. The highest BCUT2D eigenvalue weighted by Crippen LogP contribution is 2.31. The molecule has 0 saturated carbocycles. The van der Waals surface area contributed by atoms with Gasteiger partial charge in [-0.2, -0.15) is 0 Å². The average molecular weight is 238 g/mol. The monoisotopic (exact) mass is 238 g/mol. The van der Waals surface area contributed by atoms with Gasteiger partial charge in [0.1, 0.15) is 0 Å². The molecule has 0 radical (unpaired) electrons. The van der Waals surface area contributed by atoms with Gasteiger partial charge in [0.2, 0.25) is 0 Å². The van der Waals surface area contributed by atoms with Gasteiger partial charge >= 0.3 is 0 Å². The molecular weight excluding hydrogens is 204 g/mol. The Balaban J connectivity index is 4.13. The predicted molar refractivity (Wildman–Crippen MR) is 80.2 cm³/mol. The van der Waals surface area contributed by atoms with Crippen LogP contribution in [0.15, 0.2) is 12.2 Å². The van der Waals surface area contributed by atoms with Gasteiger partial charge in [-0.25, -0.2) is 0 Å². The number of allylic oxidation sites excluding steroid dienone is 2. The highest BCUT2D eigenvalue weighted by molar-refractivity contribution is 4.82. The van der Waals surface area contributed by atoms with Crippen molar-refractivity contribution < 1.29 is 0 Å². The summed E-state index contributed by atoms with van der Waals surface area (Å²) in [4.78, 5) is 0. The third kappa shape index (κ3) is 6.91. The summed E-state index contributed by atoms with van der Waals surface area (Å²) in [7, 11) is 0. The molecule has 0 aromatic heterocycles. The molecule has 0 amide bonds. The van der Waals surface area contributed by atoms with Gasteiger partial charge in [-0.1, -0.05) is 66.5 Å². The van der Waals surface area contributed by atoms with E-state index in [4.69, 9.17) is 0 Å². The van der Waals surface area contributed by atoms with Crippen molar-refractivity contribution in [3.63, 3.8) is 0 Å². The topological polar surface area (TPSA) is 0 Å². The zero-order valence-electron chi connectivity index (χ0n) is 13.2. The van der Waals surface area contributed by atoms with E-state index >= 15 is 0 Å². The van der Waals surface area contributed by atoms with Crippen LogP contribution in [0.2, 0.25) is 0 Å². The molecular formula is C17H34. The molecule has 0 spiro atoms. The van der Waals surface area contributed by atoms with E-state index in [2.05, 4.69) is 60.6 Å². The second-order valence-corrected chi connectivity index (χ2v) is 6.45. The van der Waals surface area contributed by atoms with Crippen molar-refractivity contribution in [2.45, 2.75) is 67.7 Å². The van der Waals surface area contributed by atoms with E-state index in [0.29, 0.717) is 0 Å². The summed E-state index contributed by atoms with van der Waals surface area (Å²) in [6.45, 7) is 16.5. The minimum atomic E-state index is 0.808. The van der Waals surface area contributed by atoms with Crippen LogP contribution in [0, 0.1) is 29.6 Å². The van der Waals surface area contributed by atoms with Gasteiger partial charge in [-0.3, -0.25) is 0 Å². The zero-order chi connectivity index (χ0) is 13.4. The fourth-order valence-corrected chi connectivity index (χ4v) is 2.46. The Morgan fingerprint density at radius 2 is 1.29 bits per heavy atom. The van der Waals surface area contributed by atoms with Crippen molar-refractivity contribution in [3.05, 3.63) is 12.2 Å². The predicted octanol–water partition coefficient (Wildman–Crippen LogP) is 5.93. The molecule has 0 bridgehead atoms. The molecule has 102 valence electrons. The summed E-state index contributed by atoms with van der Waals surface area (Å²) in [6.07, 6.45) is 8.49. The second kappa shape index (κ2) is 8.78. The zero-order valence-corrected chi connectivity index (χ0v) is 13.2. The Bertz CT molecular complexity index is 202. The first-order valence-corrected chi connectivity index (χ1v) is 7.51. The molecule has 0 aromatic rings. The number of hydrogen-bond acceptors (Lipinski definition) is 0. The molecule has 0 N–H and O–H groups in total. The minimum absolute atomic E-state index is 0.808. The molecule has 0 heteroatoms. The lowest BCUT2D eigenvalue weighted by Crippen LogP contribution is -2.22. The smallest absolute Gasteiger partial charge is 0.0322 e. The first-order chi connectivity index (χ1) is 7.90. The van der Waals surface area contributed by atoms with E-state index in [9.17, 15) is 0 Å². The van der Waals surface area contributed by atoms with Gasteiger partial charge < -0.3 is 0 Å². The molecule has 4 unspecified atom stereocenters. The first-order valence-electron chi connectivity index (χ1n) is 7.51. The van der Waals surface area contributed by atoms with Gasteiger partial charge in [0.15, 0.2) is 0 Å². The Labute approximate surface area is 110 Å². The van der Waals surface area contributed by atoms with E-state index in [0.717, 1.165) is 29.6 Å². The lowest BCUT2D eigenvalue weighted by Gasteiger charge is -2.30. The van der Waals surface area contributed by atoms with E-state index < -0.39 is 0 Å². The van der Waals surface area contributed by atoms with Crippen molar-refractivity contribution in [2.24, 2.45) is 29.6 Å². The van der Waals surface area contributed by atoms with Gasteiger partial charge in [0.05, 0.1) is 0 Å². The molecule has 0 fully saturated rings. The first kappa shape index (κ1) is 16.7. The molecule has 0 nitrogen and oxygen atoms in total. The van der Waals surface area contributed by atoms with Crippen molar-refractivity contribution >= 4 is 0 Å². The SMILES string of the molecule is CC=CCC(C)C(C)C(C)C(C)CCC(C)C. The van der Waals surface area contributed by atoms with Crippen LogP contribution >= 0.6 is 0 Å². The summed E-state index contributed by atoms with van der Waals surface area (Å²) in [5, 5.41) is 0. The summed E-state index contributed by atoms with van der Waals surface area (Å²) >= 11 is 0. The molecule has 0 rings (SSSR count). The van der Waals surface area contributed by atoms with Crippen molar-refractivity contribution in [2.75, 3.05) is 0 Å². The highest BCUT2D eigenvalue weighted by Gasteiger charge is 2.23. The Hall–Kier alpha value is -0.260.